The molecule has 1 fully saturated rings. The van der Waals surface area contributed by atoms with Gasteiger partial charge in [0.1, 0.15) is 0 Å². The van der Waals surface area contributed by atoms with Gasteiger partial charge in [-0.1, -0.05) is 6.07 Å². The third kappa shape index (κ3) is 3.03. The Morgan fingerprint density at radius 1 is 1.44 bits per heavy atom. The Bertz CT molecular complexity index is 319. The molecule has 1 saturated carbocycles. The second kappa shape index (κ2) is 4.93. The van der Waals surface area contributed by atoms with Crippen LogP contribution in [0.25, 0.3) is 0 Å². The van der Waals surface area contributed by atoms with Gasteiger partial charge in [0.25, 0.3) is 0 Å². The summed E-state index contributed by atoms with van der Waals surface area (Å²) in [5, 5.41) is 0. The van der Waals surface area contributed by atoms with Gasteiger partial charge >= 0.3 is 0 Å². The van der Waals surface area contributed by atoms with E-state index < -0.39 is 0 Å². The van der Waals surface area contributed by atoms with Gasteiger partial charge in [0.05, 0.1) is 0 Å². The topological polar surface area (TPSA) is 42.2 Å². The molecule has 1 heterocycles. The molecule has 88 valence electrons. The summed E-state index contributed by atoms with van der Waals surface area (Å²) in [4.78, 5) is 6.72. The van der Waals surface area contributed by atoms with Gasteiger partial charge in [-0.25, -0.2) is 0 Å². The number of rotatable bonds is 6. The maximum atomic E-state index is 5.79. The third-order valence-electron chi connectivity index (χ3n) is 3.47. The molecule has 0 atom stereocenters. The summed E-state index contributed by atoms with van der Waals surface area (Å²) >= 11 is 0. The van der Waals surface area contributed by atoms with E-state index >= 15 is 0 Å². The molecule has 16 heavy (non-hydrogen) atoms. The van der Waals surface area contributed by atoms with Crippen LogP contribution in [0.2, 0.25) is 0 Å². The first-order chi connectivity index (χ1) is 7.74. The van der Waals surface area contributed by atoms with Gasteiger partial charge in [-0.05, 0) is 44.0 Å². The molecule has 3 heteroatoms. The van der Waals surface area contributed by atoms with Crippen molar-refractivity contribution >= 4 is 0 Å². The average Bonchev–Trinajstić information content (AvgIpc) is 3.08. The summed E-state index contributed by atoms with van der Waals surface area (Å²) in [6.45, 7) is 3.04. The van der Waals surface area contributed by atoms with Crippen molar-refractivity contribution in [2.45, 2.75) is 19.3 Å². The van der Waals surface area contributed by atoms with Gasteiger partial charge < -0.3 is 10.6 Å². The molecule has 2 rings (SSSR count). The Labute approximate surface area is 97.7 Å². The van der Waals surface area contributed by atoms with Crippen LogP contribution in [0.3, 0.4) is 0 Å². The second-order valence-corrected chi connectivity index (χ2v) is 5.01. The van der Waals surface area contributed by atoms with Crippen LogP contribution >= 0.6 is 0 Å². The fraction of sp³-hybridized carbons (Fsp3) is 0.615. The smallest absolute Gasteiger partial charge is 0.0416 e. The minimum atomic E-state index is 0.443. The van der Waals surface area contributed by atoms with Crippen molar-refractivity contribution in [3.63, 3.8) is 0 Å². The van der Waals surface area contributed by atoms with Crippen molar-refractivity contribution in [2.75, 3.05) is 26.7 Å². The Balaban J connectivity index is 1.74. The summed E-state index contributed by atoms with van der Waals surface area (Å²) in [7, 11) is 2.18. The number of nitrogens with two attached hydrogens (primary N) is 1. The van der Waals surface area contributed by atoms with Crippen molar-refractivity contribution in [1.82, 2.24) is 9.88 Å². The van der Waals surface area contributed by atoms with Crippen molar-refractivity contribution in [3.05, 3.63) is 30.1 Å². The van der Waals surface area contributed by atoms with E-state index in [1.165, 1.54) is 18.5 Å². The minimum absolute atomic E-state index is 0.443. The standard InChI is InChI=1S/C13H21N3/c1-16(11-13(10-14)6-7-13)9-5-12-4-2-3-8-15-12/h2-4,8H,5-7,9-11,14H2,1H3. The Morgan fingerprint density at radius 2 is 2.25 bits per heavy atom. The minimum Gasteiger partial charge on any atom is -0.330 e. The zero-order valence-corrected chi connectivity index (χ0v) is 10.0. The predicted molar refractivity (Wildman–Crippen MR) is 66.2 cm³/mol. The number of hydrogen-bond donors (Lipinski definition) is 1. The van der Waals surface area contributed by atoms with E-state index in [0.717, 1.165) is 26.1 Å². The molecule has 0 spiro atoms. The van der Waals surface area contributed by atoms with E-state index in [-0.39, 0.29) is 0 Å². The first-order valence-electron chi connectivity index (χ1n) is 6.03. The molecule has 0 radical (unpaired) electrons. The molecular weight excluding hydrogens is 198 g/mol. The molecule has 1 aromatic rings. The van der Waals surface area contributed by atoms with E-state index in [0.29, 0.717) is 5.41 Å². The molecule has 0 saturated heterocycles. The molecular formula is C13H21N3. The van der Waals surface area contributed by atoms with Crippen LogP contribution in [0.5, 0.6) is 0 Å². The zero-order valence-electron chi connectivity index (χ0n) is 10.0. The fourth-order valence-corrected chi connectivity index (χ4v) is 2.11. The maximum Gasteiger partial charge on any atom is 0.0416 e. The Hall–Kier alpha value is -0.930. The van der Waals surface area contributed by atoms with Crippen LogP contribution in [0, 0.1) is 5.41 Å². The fourth-order valence-electron chi connectivity index (χ4n) is 2.11. The van der Waals surface area contributed by atoms with Crippen LogP contribution < -0.4 is 5.73 Å². The lowest BCUT2D eigenvalue weighted by molar-refractivity contribution is 0.268. The number of hydrogen-bond acceptors (Lipinski definition) is 3. The van der Waals surface area contributed by atoms with Gasteiger partial charge in [0.15, 0.2) is 0 Å². The van der Waals surface area contributed by atoms with E-state index in [4.69, 9.17) is 5.73 Å². The second-order valence-electron chi connectivity index (χ2n) is 5.01. The van der Waals surface area contributed by atoms with E-state index in [2.05, 4.69) is 23.0 Å². The maximum absolute atomic E-state index is 5.79. The third-order valence-corrected chi connectivity index (χ3v) is 3.47. The highest BCUT2D eigenvalue weighted by atomic mass is 15.1. The van der Waals surface area contributed by atoms with Crippen molar-refractivity contribution in [3.8, 4) is 0 Å². The molecule has 0 amide bonds. The molecule has 1 aromatic heterocycles. The van der Waals surface area contributed by atoms with Crippen LogP contribution in [-0.4, -0.2) is 36.6 Å². The van der Waals surface area contributed by atoms with Gasteiger partial charge in [0, 0.05) is 31.4 Å². The first-order valence-corrected chi connectivity index (χ1v) is 6.03. The lowest BCUT2D eigenvalue weighted by Crippen LogP contribution is -2.32. The van der Waals surface area contributed by atoms with Crippen molar-refractivity contribution in [1.29, 1.82) is 0 Å². The SMILES string of the molecule is CN(CCc1ccccn1)CC1(CN)CC1. The lowest BCUT2D eigenvalue weighted by atomic mass is 10.1. The highest BCUT2D eigenvalue weighted by molar-refractivity contribution is 5.04. The monoisotopic (exact) mass is 219 g/mol. The summed E-state index contributed by atoms with van der Waals surface area (Å²) in [5.41, 5.74) is 7.40. The zero-order chi connectivity index (χ0) is 11.4. The van der Waals surface area contributed by atoms with Gasteiger partial charge in [-0.3, -0.25) is 4.98 Å². The summed E-state index contributed by atoms with van der Waals surface area (Å²) < 4.78 is 0. The summed E-state index contributed by atoms with van der Waals surface area (Å²) in [5.74, 6) is 0. The molecule has 0 bridgehead atoms. The lowest BCUT2D eigenvalue weighted by Gasteiger charge is -2.22. The van der Waals surface area contributed by atoms with Crippen LogP contribution in [0.15, 0.2) is 24.4 Å². The van der Waals surface area contributed by atoms with Gasteiger partial charge in [-0.15, -0.1) is 0 Å². The molecule has 1 aliphatic carbocycles. The molecule has 1 aliphatic rings. The molecule has 0 aromatic carbocycles. The van der Waals surface area contributed by atoms with E-state index in [9.17, 15) is 0 Å². The van der Waals surface area contributed by atoms with Crippen molar-refractivity contribution < 1.29 is 0 Å². The number of nitrogens with zero attached hydrogens (tertiary/aromatic N) is 2. The predicted octanol–water partition coefficient (Wildman–Crippen LogP) is 1.29. The summed E-state index contributed by atoms with van der Waals surface area (Å²) in [6, 6.07) is 6.09. The molecule has 2 N–H and O–H groups in total. The van der Waals surface area contributed by atoms with Crippen molar-refractivity contribution in [2.24, 2.45) is 11.1 Å². The number of pyridine rings is 1. The normalized spacial score (nSPS) is 17.7. The molecule has 3 nitrogen and oxygen atoms in total. The van der Waals surface area contributed by atoms with Gasteiger partial charge in [0.2, 0.25) is 0 Å². The van der Waals surface area contributed by atoms with Crippen LogP contribution in [0.1, 0.15) is 18.5 Å². The van der Waals surface area contributed by atoms with E-state index in [1.54, 1.807) is 0 Å². The van der Waals surface area contributed by atoms with E-state index in [1.807, 2.05) is 18.3 Å². The average molecular weight is 219 g/mol. The van der Waals surface area contributed by atoms with Crippen LogP contribution in [0.4, 0.5) is 0 Å². The highest BCUT2D eigenvalue weighted by Gasteiger charge is 2.41. The summed E-state index contributed by atoms with van der Waals surface area (Å²) in [6.07, 6.45) is 5.49. The Morgan fingerprint density at radius 3 is 2.81 bits per heavy atom. The largest absolute Gasteiger partial charge is 0.330 e. The highest BCUT2D eigenvalue weighted by Crippen LogP contribution is 2.44. The number of likely N-dealkylation sites (N-methyl/N-ethyl adjacent to an activating group) is 1. The Kier molecular flexibility index (Phi) is 3.56. The van der Waals surface area contributed by atoms with Crippen LogP contribution in [-0.2, 0) is 6.42 Å². The molecule has 0 aliphatic heterocycles. The quantitative estimate of drug-likeness (QED) is 0.784. The van der Waals surface area contributed by atoms with Gasteiger partial charge in [-0.2, -0.15) is 0 Å². The first kappa shape index (κ1) is 11.6. The molecule has 0 unspecified atom stereocenters. The number of aromatic nitrogens is 1.